The van der Waals surface area contributed by atoms with Crippen molar-refractivity contribution in [2.24, 2.45) is 5.10 Å². The van der Waals surface area contributed by atoms with Crippen LogP contribution >= 0.6 is 0 Å². The zero-order valence-corrected chi connectivity index (χ0v) is 11.7. The molecule has 0 aliphatic heterocycles. The Morgan fingerprint density at radius 1 is 1.53 bits per heavy atom. The van der Waals surface area contributed by atoms with Gasteiger partial charge in [0.05, 0.1) is 5.69 Å². The maximum absolute atomic E-state index is 4.17. The first kappa shape index (κ1) is 16.2. The van der Waals surface area contributed by atoms with Crippen molar-refractivity contribution in [1.82, 2.24) is 10.3 Å². The van der Waals surface area contributed by atoms with Crippen LogP contribution in [0.4, 0.5) is 0 Å². The molecule has 0 amide bonds. The summed E-state index contributed by atoms with van der Waals surface area (Å²) in [6, 6.07) is 5.68. The summed E-state index contributed by atoms with van der Waals surface area (Å²) in [5.74, 6) is 0. The van der Waals surface area contributed by atoms with E-state index in [1.54, 1.807) is 6.20 Å². The Morgan fingerprint density at radius 2 is 2.29 bits per heavy atom. The molecule has 0 bridgehead atoms. The molecule has 95 valence electrons. The Hall–Kier alpha value is -0.811. The minimum atomic E-state index is 0. The van der Waals surface area contributed by atoms with Crippen molar-refractivity contribution in [3.8, 4) is 0 Å². The van der Waals surface area contributed by atoms with Crippen molar-refractivity contribution in [2.45, 2.75) is 20.3 Å². The number of thiol groups is 1. The third-order valence-electron chi connectivity index (χ3n) is 1.86. The average Bonchev–Trinajstić information content (AvgIpc) is 2.34. The molecule has 0 aromatic carbocycles. The van der Waals surface area contributed by atoms with Crippen molar-refractivity contribution >= 4 is 23.0 Å². The van der Waals surface area contributed by atoms with E-state index in [0.29, 0.717) is 5.11 Å². The summed E-state index contributed by atoms with van der Waals surface area (Å²) >= 11 is 4.16. The predicted octanol–water partition coefficient (Wildman–Crippen LogP) is 1.54. The SMILES string of the molecule is CCCNC(=[SH+])[N-]N=C(C)c1ccccn1.[Cu+2]. The third kappa shape index (κ3) is 6.48. The predicted molar refractivity (Wildman–Crippen MR) is 71.9 cm³/mol. The summed E-state index contributed by atoms with van der Waals surface area (Å²) in [5.41, 5.74) is 5.55. The van der Waals surface area contributed by atoms with Crippen molar-refractivity contribution < 1.29 is 17.1 Å². The molecule has 1 radical (unpaired) electrons. The molecule has 0 fully saturated rings. The van der Waals surface area contributed by atoms with Crippen molar-refractivity contribution in [2.75, 3.05) is 6.54 Å². The molecule has 0 saturated heterocycles. The van der Waals surface area contributed by atoms with Gasteiger partial charge >= 0.3 is 17.1 Å². The number of nitrogens with zero attached hydrogens (tertiary/aromatic N) is 3. The molecular formula is C11H16CuN4S+2. The standard InChI is InChI=1S/C11H16N4S.Cu/c1-3-7-13-11(16)15-14-9(2)10-6-4-5-8-12-10;/h4-6,8H,3,7H2,1-2H3,(H2,12,13,15,16);/q;+2. The van der Waals surface area contributed by atoms with Gasteiger partial charge in [-0.25, -0.2) is 0 Å². The summed E-state index contributed by atoms with van der Waals surface area (Å²) < 4.78 is 0. The molecule has 0 spiro atoms. The Labute approximate surface area is 118 Å². The van der Waals surface area contributed by atoms with Gasteiger partial charge in [0, 0.05) is 18.5 Å². The second-order valence-corrected chi connectivity index (χ2v) is 3.67. The molecule has 4 nitrogen and oxygen atoms in total. The van der Waals surface area contributed by atoms with Gasteiger partial charge in [-0.2, -0.15) is 0 Å². The van der Waals surface area contributed by atoms with Gasteiger partial charge in [0.2, 0.25) is 0 Å². The van der Waals surface area contributed by atoms with Crippen LogP contribution < -0.4 is 5.32 Å². The molecule has 17 heavy (non-hydrogen) atoms. The second-order valence-electron chi connectivity index (χ2n) is 3.25. The quantitative estimate of drug-likeness (QED) is 0.229. The Balaban J connectivity index is 0.00000256. The van der Waals surface area contributed by atoms with E-state index in [2.05, 4.69) is 40.0 Å². The molecule has 1 N–H and O–H groups in total. The molecule has 1 heterocycles. The van der Waals surface area contributed by atoms with E-state index in [-0.39, 0.29) is 17.1 Å². The molecule has 6 heteroatoms. The van der Waals surface area contributed by atoms with Crippen LogP contribution in [-0.2, 0) is 29.3 Å². The van der Waals surface area contributed by atoms with E-state index in [1.807, 2.05) is 25.1 Å². The number of nitrogens with one attached hydrogen (secondary N) is 1. The van der Waals surface area contributed by atoms with Gasteiger partial charge in [-0.15, -0.1) is 0 Å². The van der Waals surface area contributed by atoms with E-state index in [4.69, 9.17) is 0 Å². The minimum absolute atomic E-state index is 0. The molecule has 0 atom stereocenters. The molecule has 0 aliphatic carbocycles. The van der Waals surface area contributed by atoms with Gasteiger partial charge < -0.3 is 10.5 Å². The van der Waals surface area contributed by atoms with E-state index < -0.39 is 0 Å². The van der Waals surface area contributed by atoms with E-state index in [1.165, 1.54) is 0 Å². The maximum atomic E-state index is 4.17. The first-order valence-corrected chi connectivity index (χ1v) is 5.65. The second kappa shape index (κ2) is 9.24. The summed E-state index contributed by atoms with van der Waals surface area (Å²) in [6.07, 6.45) is 2.76. The van der Waals surface area contributed by atoms with Crippen LogP contribution in [0.5, 0.6) is 0 Å². The zero-order chi connectivity index (χ0) is 11.8. The number of pyridine rings is 1. The summed E-state index contributed by atoms with van der Waals surface area (Å²) in [7, 11) is 0. The van der Waals surface area contributed by atoms with Crippen molar-refractivity contribution in [1.29, 1.82) is 0 Å². The number of hydrogen-bond acceptors (Lipinski definition) is 2. The fraction of sp³-hybridized carbons (Fsp3) is 0.364. The fourth-order valence-corrected chi connectivity index (χ4v) is 1.18. The first-order valence-electron chi connectivity index (χ1n) is 5.20. The number of aromatic nitrogens is 1. The van der Waals surface area contributed by atoms with Crippen LogP contribution in [0.25, 0.3) is 5.43 Å². The smallest absolute Gasteiger partial charge is 0.515 e. The van der Waals surface area contributed by atoms with E-state index in [9.17, 15) is 0 Å². The topological polar surface area (TPSA) is 51.4 Å². The molecule has 1 aromatic heterocycles. The van der Waals surface area contributed by atoms with E-state index in [0.717, 1.165) is 24.4 Å². The van der Waals surface area contributed by atoms with Crippen molar-refractivity contribution in [3.63, 3.8) is 0 Å². The Morgan fingerprint density at radius 3 is 2.88 bits per heavy atom. The average molecular weight is 300 g/mol. The molecule has 1 aromatic rings. The van der Waals surface area contributed by atoms with E-state index >= 15 is 0 Å². The van der Waals surface area contributed by atoms with Crippen molar-refractivity contribution in [3.05, 3.63) is 35.5 Å². The van der Waals surface area contributed by atoms with Gasteiger partial charge in [0.15, 0.2) is 17.3 Å². The molecular weight excluding hydrogens is 284 g/mol. The van der Waals surface area contributed by atoms with Gasteiger partial charge in [0.1, 0.15) is 0 Å². The number of rotatable bonds is 4. The summed E-state index contributed by atoms with van der Waals surface area (Å²) in [4.78, 5) is 4.17. The molecule has 1 rings (SSSR count). The largest absolute Gasteiger partial charge is 2.00 e. The van der Waals surface area contributed by atoms with Gasteiger partial charge in [-0.1, -0.05) is 13.0 Å². The molecule has 0 unspecified atom stereocenters. The van der Waals surface area contributed by atoms with Crippen LogP contribution in [0.2, 0.25) is 0 Å². The minimum Gasteiger partial charge on any atom is -0.515 e. The fourth-order valence-electron chi connectivity index (χ4n) is 1.02. The Bertz CT molecular complexity index is 367. The van der Waals surface area contributed by atoms with Crippen LogP contribution in [0, 0.1) is 0 Å². The van der Waals surface area contributed by atoms with Crippen LogP contribution in [0.3, 0.4) is 0 Å². The van der Waals surface area contributed by atoms with Crippen LogP contribution in [0.15, 0.2) is 29.5 Å². The van der Waals surface area contributed by atoms with Gasteiger partial charge in [0.25, 0.3) is 0 Å². The summed E-state index contributed by atoms with van der Waals surface area (Å²) in [6.45, 7) is 4.80. The molecule has 0 aliphatic rings. The van der Waals surface area contributed by atoms with Gasteiger partial charge in [-0.05, 0) is 25.5 Å². The number of hydrogen-bond donors (Lipinski definition) is 1. The Kier molecular flexibility index (Phi) is 8.80. The third-order valence-corrected chi connectivity index (χ3v) is 2.11. The van der Waals surface area contributed by atoms with Crippen LogP contribution in [0.1, 0.15) is 26.0 Å². The maximum Gasteiger partial charge on any atom is 2.00 e. The van der Waals surface area contributed by atoms with Gasteiger partial charge in [-0.3, -0.25) is 10.3 Å². The molecule has 0 saturated carbocycles. The monoisotopic (exact) mass is 299 g/mol. The normalized spacial score (nSPS) is 10.6. The first-order chi connectivity index (χ1) is 7.74. The summed E-state index contributed by atoms with van der Waals surface area (Å²) in [5, 5.41) is 7.60. The van der Waals surface area contributed by atoms with Crippen LogP contribution in [-0.4, -0.2) is 22.4 Å². The zero-order valence-electron chi connectivity index (χ0n) is 9.81.